The quantitative estimate of drug-likeness (QED) is 0.439. The lowest BCUT2D eigenvalue weighted by Crippen LogP contribution is -2.26. The Morgan fingerprint density at radius 2 is 1.76 bits per heavy atom. The minimum Gasteiger partial charge on any atom is -0.352 e. The first-order chi connectivity index (χ1) is 12.1. The highest BCUT2D eigenvalue weighted by Gasteiger charge is 2.08. The predicted molar refractivity (Wildman–Crippen MR) is 100 cm³/mol. The molecule has 2 aromatic rings. The van der Waals surface area contributed by atoms with Crippen molar-refractivity contribution in [2.24, 2.45) is 5.10 Å². The lowest BCUT2D eigenvalue weighted by atomic mass is 10.2. The summed E-state index contributed by atoms with van der Waals surface area (Å²) >= 11 is 11.7. The molecule has 0 bridgehead atoms. The van der Waals surface area contributed by atoms with E-state index in [1.54, 1.807) is 48.5 Å². The van der Waals surface area contributed by atoms with Crippen molar-refractivity contribution < 1.29 is 9.59 Å². The number of nitrogens with one attached hydrogen (secondary N) is 2. The first kappa shape index (κ1) is 19.0. The smallest absolute Gasteiger partial charge is 0.252 e. The van der Waals surface area contributed by atoms with Gasteiger partial charge in [0.1, 0.15) is 0 Å². The summed E-state index contributed by atoms with van der Waals surface area (Å²) in [7, 11) is 0. The van der Waals surface area contributed by atoms with E-state index < -0.39 is 0 Å². The molecule has 0 saturated heterocycles. The molecule has 7 heteroatoms. The van der Waals surface area contributed by atoms with E-state index in [1.165, 1.54) is 6.21 Å². The Kier molecular flexibility index (Phi) is 7.44. The molecule has 0 aliphatic rings. The number of amides is 2. The molecular formula is C18H17Cl2N3O2. The highest BCUT2D eigenvalue weighted by Crippen LogP contribution is 2.14. The monoisotopic (exact) mass is 377 g/mol. The Labute approximate surface area is 156 Å². The third kappa shape index (κ3) is 6.57. The number of nitrogens with zero attached hydrogens (tertiary/aromatic N) is 1. The van der Waals surface area contributed by atoms with Crippen LogP contribution in [-0.2, 0) is 4.79 Å². The van der Waals surface area contributed by atoms with Gasteiger partial charge in [0.15, 0.2) is 0 Å². The highest BCUT2D eigenvalue weighted by molar-refractivity contribution is 6.33. The largest absolute Gasteiger partial charge is 0.352 e. The molecule has 0 heterocycles. The Balaban J connectivity index is 1.66. The summed E-state index contributed by atoms with van der Waals surface area (Å²) in [5.41, 5.74) is 3.69. The van der Waals surface area contributed by atoms with Gasteiger partial charge in [-0.05, 0) is 36.2 Å². The van der Waals surface area contributed by atoms with Crippen LogP contribution in [0.3, 0.4) is 0 Å². The number of halogens is 2. The zero-order valence-corrected chi connectivity index (χ0v) is 14.8. The van der Waals surface area contributed by atoms with Gasteiger partial charge < -0.3 is 5.32 Å². The van der Waals surface area contributed by atoms with Crippen LogP contribution in [0.4, 0.5) is 0 Å². The third-order valence-electron chi connectivity index (χ3n) is 3.26. The minimum atomic E-state index is -0.258. The van der Waals surface area contributed by atoms with Crippen molar-refractivity contribution in [3.8, 4) is 0 Å². The molecule has 0 aromatic heterocycles. The summed E-state index contributed by atoms with van der Waals surface area (Å²) in [4.78, 5) is 23.6. The van der Waals surface area contributed by atoms with Crippen LogP contribution < -0.4 is 10.7 Å². The number of hydrogen-bond acceptors (Lipinski definition) is 3. The molecule has 130 valence electrons. The second kappa shape index (κ2) is 9.81. The number of benzene rings is 2. The third-order valence-corrected chi connectivity index (χ3v) is 3.84. The normalized spacial score (nSPS) is 10.6. The maximum Gasteiger partial charge on any atom is 0.252 e. The SMILES string of the molecule is O=C(CCCNC(=O)c1ccccc1Cl)NN=Cc1ccc(Cl)cc1. The van der Waals surface area contributed by atoms with E-state index in [1.807, 2.05) is 0 Å². The van der Waals surface area contributed by atoms with Crippen LogP contribution in [0.25, 0.3) is 0 Å². The molecule has 2 N–H and O–H groups in total. The van der Waals surface area contributed by atoms with Crippen LogP contribution in [0.2, 0.25) is 10.0 Å². The molecule has 0 radical (unpaired) electrons. The summed E-state index contributed by atoms with van der Waals surface area (Å²) in [5, 5.41) is 7.64. The van der Waals surface area contributed by atoms with E-state index in [2.05, 4.69) is 15.8 Å². The molecule has 2 rings (SSSR count). The fraction of sp³-hybridized carbons (Fsp3) is 0.167. The van der Waals surface area contributed by atoms with Crippen molar-refractivity contribution in [3.05, 3.63) is 69.7 Å². The molecule has 0 unspecified atom stereocenters. The molecule has 0 spiro atoms. The average molecular weight is 378 g/mol. The van der Waals surface area contributed by atoms with E-state index in [4.69, 9.17) is 23.2 Å². The van der Waals surface area contributed by atoms with Crippen LogP contribution in [0, 0.1) is 0 Å². The van der Waals surface area contributed by atoms with Gasteiger partial charge in [-0.2, -0.15) is 5.10 Å². The summed E-state index contributed by atoms with van der Waals surface area (Å²) in [5.74, 6) is -0.482. The maximum atomic E-state index is 11.9. The zero-order chi connectivity index (χ0) is 18.1. The Hall–Kier alpha value is -2.37. The Morgan fingerprint density at radius 1 is 1.04 bits per heavy atom. The van der Waals surface area contributed by atoms with Gasteiger partial charge in [0, 0.05) is 18.0 Å². The molecule has 2 aromatic carbocycles. The maximum absolute atomic E-state index is 11.9. The number of carbonyl (C=O) groups is 2. The lowest BCUT2D eigenvalue weighted by Gasteiger charge is -2.06. The average Bonchev–Trinajstić information content (AvgIpc) is 2.60. The lowest BCUT2D eigenvalue weighted by molar-refractivity contribution is -0.121. The molecule has 0 aliphatic heterocycles. The van der Waals surface area contributed by atoms with Gasteiger partial charge in [-0.1, -0.05) is 47.5 Å². The Bertz CT molecular complexity index is 761. The molecule has 2 amide bonds. The summed E-state index contributed by atoms with van der Waals surface area (Å²) in [6, 6.07) is 13.9. The van der Waals surface area contributed by atoms with Crippen molar-refractivity contribution in [1.29, 1.82) is 0 Å². The van der Waals surface area contributed by atoms with Crippen molar-refractivity contribution >= 4 is 41.2 Å². The second-order valence-corrected chi connectivity index (χ2v) is 6.03. The van der Waals surface area contributed by atoms with Crippen molar-refractivity contribution in [2.75, 3.05) is 6.54 Å². The molecule has 0 saturated carbocycles. The van der Waals surface area contributed by atoms with Crippen molar-refractivity contribution in [2.45, 2.75) is 12.8 Å². The first-order valence-corrected chi connectivity index (χ1v) is 8.42. The van der Waals surface area contributed by atoms with Crippen LogP contribution in [0.1, 0.15) is 28.8 Å². The molecule has 0 aliphatic carbocycles. The standard InChI is InChI=1S/C18H17Cl2N3O2/c19-14-9-7-13(8-10-14)12-22-23-17(24)6-3-11-21-18(25)15-4-1-2-5-16(15)20/h1-2,4-5,7-10,12H,3,6,11H2,(H,21,25)(H,23,24). The summed E-state index contributed by atoms with van der Waals surface area (Å²) < 4.78 is 0. The van der Waals surface area contributed by atoms with Crippen molar-refractivity contribution in [1.82, 2.24) is 10.7 Å². The van der Waals surface area contributed by atoms with Gasteiger partial charge in [0.25, 0.3) is 5.91 Å². The van der Waals surface area contributed by atoms with Gasteiger partial charge >= 0.3 is 0 Å². The van der Waals surface area contributed by atoms with E-state index in [0.29, 0.717) is 28.6 Å². The first-order valence-electron chi connectivity index (χ1n) is 7.66. The van der Waals surface area contributed by atoms with E-state index in [-0.39, 0.29) is 18.2 Å². The number of rotatable bonds is 7. The molecular weight excluding hydrogens is 361 g/mol. The summed E-state index contributed by atoms with van der Waals surface area (Å²) in [6.45, 7) is 0.373. The van der Waals surface area contributed by atoms with E-state index in [9.17, 15) is 9.59 Å². The zero-order valence-electron chi connectivity index (χ0n) is 13.3. The molecule has 5 nitrogen and oxygen atoms in total. The topological polar surface area (TPSA) is 70.6 Å². The number of carbonyl (C=O) groups excluding carboxylic acids is 2. The minimum absolute atomic E-state index is 0.225. The molecule has 0 fully saturated rings. The highest BCUT2D eigenvalue weighted by atomic mass is 35.5. The van der Waals surface area contributed by atoms with Gasteiger partial charge in [-0.3, -0.25) is 9.59 Å². The second-order valence-electron chi connectivity index (χ2n) is 5.18. The fourth-order valence-corrected chi connectivity index (χ4v) is 2.32. The van der Waals surface area contributed by atoms with Crippen LogP contribution in [0.5, 0.6) is 0 Å². The van der Waals surface area contributed by atoms with Gasteiger partial charge in [0.05, 0.1) is 16.8 Å². The number of hydrogen-bond donors (Lipinski definition) is 2. The van der Waals surface area contributed by atoms with Gasteiger partial charge in [-0.25, -0.2) is 5.43 Å². The van der Waals surface area contributed by atoms with E-state index in [0.717, 1.165) is 5.56 Å². The van der Waals surface area contributed by atoms with E-state index >= 15 is 0 Å². The van der Waals surface area contributed by atoms with Crippen LogP contribution in [0.15, 0.2) is 53.6 Å². The fourth-order valence-electron chi connectivity index (χ4n) is 1.97. The Morgan fingerprint density at radius 3 is 2.48 bits per heavy atom. The summed E-state index contributed by atoms with van der Waals surface area (Å²) in [6.07, 6.45) is 2.28. The van der Waals surface area contributed by atoms with Crippen LogP contribution >= 0.6 is 23.2 Å². The predicted octanol–water partition coefficient (Wildman–Crippen LogP) is 3.65. The number of hydrazone groups is 1. The molecule has 0 atom stereocenters. The van der Waals surface area contributed by atoms with Crippen molar-refractivity contribution in [3.63, 3.8) is 0 Å². The van der Waals surface area contributed by atoms with Gasteiger partial charge in [0.2, 0.25) is 5.91 Å². The molecule has 25 heavy (non-hydrogen) atoms. The van der Waals surface area contributed by atoms with Gasteiger partial charge in [-0.15, -0.1) is 0 Å². The van der Waals surface area contributed by atoms with Crippen LogP contribution in [-0.4, -0.2) is 24.6 Å².